The van der Waals surface area contributed by atoms with Gasteiger partial charge in [0.1, 0.15) is 0 Å². The fourth-order valence-electron chi connectivity index (χ4n) is 4.54. The second-order valence-electron chi connectivity index (χ2n) is 8.70. The summed E-state index contributed by atoms with van der Waals surface area (Å²) < 4.78 is 0. The summed E-state index contributed by atoms with van der Waals surface area (Å²) in [7, 11) is 3.66. The first kappa shape index (κ1) is 26.9. The van der Waals surface area contributed by atoms with Gasteiger partial charge in [-0.15, -0.1) is 24.0 Å². The maximum Gasteiger partial charge on any atom is 0.230 e. The molecule has 1 unspecified atom stereocenters. The fraction of sp³-hybridized carbons (Fsp3) is 0.857. The van der Waals surface area contributed by atoms with Crippen LogP contribution >= 0.6 is 24.0 Å². The van der Waals surface area contributed by atoms with Crippen LogP contribution in [0.5, 0.6) is 0 Å². The van der Waals surface area contributed by atoms with Crippen molar-refractivity contribution >= 4 is 41.8 Å². The molecule has 0 aromatic rings. The largest absolute Gasteiger partial charge is 0.369 e. The molecule has 0 radical (unpaired) electrons. The molecule has 1 saturated heterocycles. The molecular weight excluding hydrogens is 495 g/mol. The summed E-state index contributed by atoms with van der Waals surface area (Å²) in [6.45, 7) is 6.92. The number of rotatable bonds is 9. The van der Waals surface area contributed by atoms with E-state index < -0.39 is 0 Å². The molecule has 8 nitrogen and oxygen atoms in total. The van der Waals surface area contributed by atoms with E-state index in [4.69, 9.17) is 10.7 Å². The Bertz CT molecular complexity index is 578. The Morgan fingerprint density at radius 3 is 2.50 bits per heavy atom. The standard InChI is InChI=1S/C21H40N6O2.HI/c1-4-23-20(25-16-21(10-5-6-11-21)19(29)26(2)3)24-12-8-14-27-13-7-9-17(15-27)18(22)28;/h17H,4-16H2,1-3H3,(H2,22,28)(H2,23,24,25);1H. The summed E-state index contributed by atoms with van der Waals surface area (Å²) in [4.78, 5) is 32.9. The third-order valence-electron chi connectivity index (χ3n) is 6.16. The first-order valence-corrected chi connectivity index (χ1v) is 11.1. The van der Waals surface area contributed by atoms with Crippen LogP contribution in [-0.4, -0.2) is 80.9 Å². The normalized spacial score (nSPS) is 21.6. The van der Waals surface area contributed by atoms with Gasteiger partial charge in [0.05, 0.1) is 17.9 Å². The minimum absolute atomic E-state index is 0. The highest BCUT2D eigenvalue weighted by Gasteiger charge is 2.42. The number of hydrogen-bond donors (Lipinski definition) is 3. The predicted octanol–water partition coefficient (Wildman–Crippen LogP) is 1.40. The van der Waals surface area contributed by atoms with Crippen molar-refractivity contribution in [3.8, 4) is 0 Å². The highest BCUT2D eigenvalue weighted by molar-refractivity contribution is 14.0. The van der Waals surface area contributed by atoms with Crippen molar-refractivity contribution in [3.05, 3.63) is 0 Å². The summed E-state index contributed by atoms with van der Waals surface area (Å²) in [6.07, 6.45) is 6.95. The number of carbonyl (C=O) groups is 2. The zero-order valence-corrected chi connectivity index (χ0v) is 21.2. The fourth-order valence-corrected chi connectivity index (χ4v) is 4.54. The van der Waals surface area contributed by atoms with Crippen LogP contribution in [0.4, 0.5) is 0 Å². The molecule has 2 fully saturated rings. The first-order valence-electron chi connectivity index (χ1n) is 11.1. The number of piperidine rings is 1. The lowest BCUT2D eigenvalue weighted by atomic mass is 9.85. The number of aliphatic imine (C=N–C) groups is 1. The first-order chi connectivity index (χ1) is 13.9. The molecule has 0 aromatic heterocycles. The highest BCUT2D eigenvalue weighted by atomic mass is 127. The number of guanidine groups is 1. The van der Waals surface area contributed by atoms with Gasteiger partial charge < -0.3 is 26.2 Å². The summed E-state index contributed by atoms with van der Waals surface area (Å²) in [5.74, 6) is 0.789. The van der Waals surface area contributed by atoms with Crippen LogP contribution in [0.3, 0.4) is 0 Å². The van der Waals surface area contributed by atoms with Gasteiger partial charge in [0.15, 0.2) is 5.96 Å². The van der Waals surface area contributed by atoms with Gasteiger partial charge in [0.25, 0.3) is 0 Å². The van der Waals surface area contributed by atoms with Crippen molar-refractivity contribution in [2.75, 3.05) is 53.4 Å². The molecular formula is C21H41IN6O2. The highest BCUT2D eigenvalue weighted by Crippen LogP contribution is 2.39. The van der Waals surface area contributed by atoms with Crippen molar-refractivity contribution in [2.24, 2.45) is 22.1 Å². The van der Waals surface area contributed by atoms with E-state index in [1.54, 1.807) is 4.90 Å². The number of hydrogen-bond acceptors (Lipinski definition) is 4. The number of halogens is 1. The molecule has 0 aromatic carbocycles. The molecule has 1 heterocycles. The lowest BCUT2D eigenvalue weighted by Crippen LogP contribution is -2.44. The Kier molecular flexibility index (Phi) is 12.0. The van der Waals surface area contributed by atoms with E-state index in [9.17, 15) is 9.59 Å². The van der Waals surface area contributed by atoms with E-state index in [1.807, 2.05) is 21.0 Å². The number of primary amides is 1. The van der Waals surface area contributed by atoms with Crippen LogP contribution in [0.15, 0.2) is 4.99 Å². The Hall–Kier alpha value is -1.10. The van der Waals surface area contributed by atoms with Crippen molar-refractivity contribution in [1.29, 1.82) is 0 Å². The molecule has 0 spiro atoms. The summed E-state index contributed by atoms with van der Waals surface area (Å²) >= 11 is 0. The van der Waals surface area contributed by atoms with E-state index in [0.717, 1.165) is 83.6 Å². The number of likely N-dealkylation sites (tertiary alicyclic amines) is 1. The zero-order chi connectivity index (χ0) is 21.3. The summed E-state index contributed by atoms with van der Waals surface area (Å²) in [6, 6.07) is 0. The molecule has 1 aliphatic carbocycles. The van der Waals surface area contributed by atoms with Gasteiger partial charge in [0.2, 0.25) is 11.8 Å². The lowest BCUT2D eigenvalue weighted by Gasteiger charge is -2.31. The smallest absolute Gasteiger partial charge is 0.230 e. The van der Waals surface area contributed by atoms with Gasteiger partial charge in [-0.2, -0.15) is 0 Å². The molecule has 0 bridgehead atoms. The van der Waals surface area contributed by atoms with Crippen molar-refractivity contribution < 1.29 is 9.59 Å². The van der Waals surface area contributed by atoms with E-state index in [2.05, 4.69) is 15.5 Å². The van der Waals surface area contributed by atoms with Crippen molar-refractivity contribution in [1.82, 2.24) is 20.4 Å². The van der Waals surface area contributed by atoms with Crippen molar-refractivity contribution in [2.45, 2.75) is 51.9 Å². The Balaban J connectivity index is 0.00000450. The Morgan fingerprint density at radius 1 is 1.20 bits per heavy atom. The van der Waals surface area contributed by atoms with Gasteiger partial charge >= 0.3 is 0 Å². The average Bonchev–Trinajstić information content (AvgIpc) is 3.19. The number of amides is 2. The predicted molar refractivity (Wildman–Crippen MR) is 132 cm³/mol. The van der Waals surface area contributed by atoms with Gasteiger partial charge in [-0.05, 0) is 52.1 Å². The van der Waals surface area contributed by atoms with Crippen LogP contribution in [0.2, 0.25) is 0 Å². The number of carbonyl (C=O) groups excluding carboxylic acids is 2. The molecule has 2 amide bonds. The molecule has 1 aliphatic heterocycles. The second kappa shape index (κ2) is 13.3. The molecule has 4 N–H and O–H groups in total. The van der Waals surface area contributed by atoms with Gasteiger partial charge in [-0.25, -0.2) is 0 Å². The third-order valence-corrected chi connectivity index (χ3v) is 6.16. The lowest BCUT2D eigenvalue weighted by molar-refractivity contribution is -0.138. The summed E-state index contributed by atoms with van der Waals surface area (Å²) in [5.41, 5.74) is 5.12. The molecule has 9 heteroatoms. The maximum atomic E-state index is 12.7. The molecule has 1 atom stereocenters. The molecule has 30 heavy (non-hydrogen) atoms. The Morgan fingerprint density at radius 2 is 1.90 bits per heavy atom. The van der Waals surface area contributed by atoms with Crippen LogP contribution in [0, 0.1) is 11.3 Å². The molecule has 2 aliphatic rings. The van der Waals surface area contributed by atoms with Crippen LogP contribution in [0.25, 0.3) is 0 Å². The quantitative estimate of drug-likeness (QED) is 0.179. The van der Waals surface area contributed by atoms with E-state index in [-0.39, 0.29) is 47.1 Å². The molecule has 174 valence electrons. The minimum atomic E-state index is -0.344. The van der Waals surface area contributed by atoms with Gasteiger partial charge in [0, 0.05) is 33.7 Å². The van der Waals surface area contributed by atoms with Crippen LogP contribution in [0.1, 0.15) is 51.9 Å². The number of nitrogens with two attached hydrogens (primary N) is 1. The molecule has 1 saturated carbocycles. The van der Waals surface area contributed by atoms with E-state index in [0.29, 0.717) is 6.54 Å². The maximum absolute atomic E-state index is 12.7. The van der Waals surface area contributed by atoms with Gasteiger partial charge in [-0.3, -0.25) is 14.6 Å². The average molecular weight is 537 g/mol. The monoisotopic (exact) mass is 536 g/mol. The Labute approximate surface area is 198 Å². The zero-order valence-electron chi connectivity index (χ0n) is 18.9. The molecule has 2 rings (SSSR count). The van der Waals surface area contributed by atoms with Crippen LogP contribution in [-0.2, 0) is 9.59 Å². The number of nitrogens with one attached hydrogen (secondary N) is 2. The minimum Gasteiger partial charge on any atom is -0.369 e. The second-order valence-corrected chi connectivity index (χ2v) is 8.70. The summed E-state index contributed by atoms with van der Waals surface area (Å²) in [5, 5.41) is 6.69. The topological polar surface area (TPSA) is 103 Å². The van der Waals surface area contributed by atoms with E-state index in [1.165, 1.54) is 0 Å². The van der Waals surface area contributed by atoms with Crippen molar-refractivity contribution in [3.63, 3.8) is 0 Å². The van der Waals surface area contributed by atoms with Crippen LogP contribution < -0.4 is 16.4 Å². The SMILES string of the molecule is CCNC(=NCC1(C(=O)N(C)C)CCCC1)NCCCN1CCCC(C(N)=O)C1.I. The third kappa shape index (κ3) is 7.86. The van der Waals surface area contributed by atoms with Gasteiger partial charge in [-0.1, -0.05) is 12.8 Å². The number of nitrogens with zero attached hydrogens (tertiary/aromatic N) is 3. The van der Waals surface area contributed by atoms with E-state index >= 15 is 0 Å².